The summed E-state index contributed by atoms with van der Waals surface area (Å²) in [5.41, 5.74) is 0.876. The normalized spacial score (nSPS) is 14.9. The van der Waals surface area contributed by atoms with Crippen molar-refractivity contribution in [2.75, 3.05) is 32.7 Å². The molecule has 2 N–H and O–H groups in total. The van der Waals surface area contributed by atoms with E-state index in [9.17, 15) is 9.59 Å². The van der Waals surface area contributed by atoms with Crippen molar-refractivity contribution >= 4 is 23.4 Å². The molecule has 1 heterocycles. The molecule has 0 aromatic heterocycles. The van der Waals surface area contributed by atoms with Crippen molar-refractivity contribution in [3.8, 4) is 0 Å². The van der Waals surface area contributed by atoms with Crippen LogP contribution >= 0.6 is 11.6 Å². The first-order valence-corrected chi connectivity index (χ1v) is 7.02. The fourth-order valence-electron chi connectivity index (χ4n) is 2.05. The summed E-state index contributed by atoms with van der Waals surface area (Å²) in [6.07, 6.45) is 0.256. The quantitative estimate of drug-likeness (QED) is 0.847. The fourth-order valence-corrected chi connectivity index (χ4v) is 2.18. The number of nitrogens with zero attached hydrogens (tertiary/aromatic N) is 1. The molecule has 0 unspecified atom stereocenters. The number of hydrogen-bond donors (Lipinski definition) is 2. The van der Waals surface area contributed by atoms with Crippen molar-refractivity contribution in [1.82, 2.24) is 15.5 Å². The lowest BCUT2D eigenvalue weighted by Crippen LogP contribution is -2.49. The first-order chi connectivity index (χ1) is 9.65. The molecule has 1 aromatic carbocycles. The van der Waals surface area contributed by atoms with Crippen LogP contribution in [0.25, 0.3) is 0 Å². The summed E-state index contributed by atoms with van der Waals surface area (Å²) in [5, 5.41) is 6.48. The molecule has 2 rings (SSSR count). The van der Waals surface area contributed by atoms with Gasteiger partial charge in [-0.15, -0.1) is 0 Å². The molecule has 0 saturated carbocycles. The van der Waals surface area contributed by atoms with E-state index in [4.69, 9.17) is 11.6 Å². The zero-order chi connectivity index (χ0) is 14.4. The third-order valence-corrected chi connectivity index (χ3v) is 3.44. The van der Waals surface area contributed by atoms with Crippen LogP contribution in [0.1, 0.15) is 5.56 Å². The van der Waals surface area contributed by atoms with E-state index in [-0.39, 0.29) is 24.8 Å². The summed E-state index contributed by atoms with van der Waals surface area (Å²) in [6.45, 7) is 3.08. The summed E-state index contributed by atoms with van der Waals surface area (Å²) < 4.78 is 0. The number of carbonyl (C=O) groups is 2. The highest BCUT2D eigenvalue weighted by Gasteiger charge is 2.16. The summed E-state index contributed by atoms with van der Waals surface area (Å²) >= 11 is 5.78. The maximum atomic E-state index is 11.9. The predicted octanol–water partition coefficient (Wildman–Crippen LogP) is 0.430. The van der Waals surface area contributed by atoms with Gasteiger partial charge in [-0.05, 0) is 17.7 Å². The van der Waals surface area contributed by atoms with E-state index >= 15 is 0 Å². The van der Waals surface area contributed by atoms with Crippen LogP contribution in [0.3, 0.4) is 0 Å². The number of rotatable bonds is 4. The van der Waals surface area contributed by atoms with Crippen molar-refractivity contribution in [1.29, 1.82) is 0 Å². The third-order valence-electron chi connectivity index (χ3n) is 3.18. The highest BCUT2D eigenvalue weighted by molar-refractivity contribution is 6.30. The molecule has 0 spiro atoms. The Morgan fingerprint density at radius 3 is 2.50 bits per heavy atom. The van der Waals surface area contributed by atoms with Gasteiger partial charge in [-0.25, -0.2) is 0 Å². The van der Waals surface area contributed by atoms with Crippen LogP contribution in [0.4, 0.5) is 0 Å². The van der Waals surface area contributed by atoms with Gasteiger partial charge in [0, 0.05) is 31.2 Å². The molecule has 2 amide bonds. The second-order valence-corrected chi connectivity index (χ2v) is 5.15. The second-order valence-electron chi connectivity index (χ2n) is 4.71. The predicted molar refractivity (Wildman–Crippen MR) is 77.6 cm³/mol. The molecule has 1 fully saturated rings. The highest BCUT2D eigenvalue weighted by atomic mass is 35.5. The van der Waals surface area contributed by atoms with E-state index in [1.807, 2.05) is 0 Å². The Kier molecular flexibility index (Phi) is 5.38. The van der Waals surface area contributed by atoms with E-state index in [2.05, 4.69) is 10.6 Å². The Hall–Kier alpha value is -1.59. The third kappa shape index (κ3) is 4.51. The molecule has 0 radical (unpaired) electrons. The monoisotopic (exact) mass is 295 g/mol. The van der Waals surface area contributed by atoms with Gasteiger partial charge in [0.25, 0.3) is 0 Å². The zero-order valence-corrected chi connectivity index (χ0v) is 11.9. The highest BCUT2D eigenvalue weighted by Crippen LogP contribution is 2.09. The molecular weight excluding hydrogens is 278 g/mol. The van der Waals surface area contributed by atoms with E-state index < -0.39 is 0 Å². The lowest BCUT2D eigenvalue weighted by Gasteiger charge is -2.27. The minimum absolute atomic E-state index is 0.0315. The summed E-state index contributed by atoms with van der Waals surface area (Å²) in [6, 6.07) is 7.10. The summed E-state index contributed by atoms with van der Waals surface area (Å²) in [7, 11) is 0. The Bertz CT molecular complexity index is 470. The van der Waals surface area contributed by atoms with Gasteiger partial charge in [0.2, 0.25) is 11.8 Å². The van der Waals surface area contributed by atoms with Gasteiger partial charge in [-0.3, -0.25) is 9.59 Å². The molecule has 6 heteroatoms. The molecule has 1 aliphatic heterocycles. The van der Waals surface area contributed by atoms with Crippen LogP contribution in [0.15, 0.2) is 24.3 Å². The molecular formula is C14H18ClN3O2. The zero-order valence-electron chi connectivity index (χ0n) is 11.2. The smallest absolute Gasteiger partial charge is 0.242 e. The number of nitrogens with one attached hydrogen (secondary N) is 2. The molecule has 0 aliphatic carbocycles. The Balaban J connectivity index is 1.74. The average molecular weight is 296 g/mol. The standard InChI is InChI=1S/C14H18ClN3O2/c15-12-3-1-11(2-4-12)9-13(19)17-10-14(20)18-7-5-16-6-8-18/h1-4,16H,5-10H2,(H,17,19). The molecule has 1 aromatic rings. The SMILES string of the molecule is O=C(Cc1ccc(Cl)cc1)NCC(=O)N1CCNCC1. The molecule has 0 bridgehead atoms. The minimum Gasteiger partial charge on any atom is -0.347 e. The first-order valence-electron chi connectivity index (χ1n) is 6.65. The van der Waals surface area contributed by atoms with Crippen LogP contribution in [0.5, 0.6) is 0 Å². The van der Waals surface area contributed by atoms with Crippen molar-refractivity contribution in [2.24, 2.45) is 0 Å². The molecule has 1 aliphatic rings. The number of hydrogen-bond acceptors (Lipinski definition) is 3. The van der Waals surface area contributed by atoms with Crippen LogP contribution in [0.2, 0.25) is 5.02 Å². The molecule has 5 nitrogen and oxygen atoms in total. The number of benzene rings is 1. The summed E-state index contributed by atoms with van der Waals surface area (Å²) in [5.74, 6) is -0.188. The number of carbonyl (C=O) groups excluding carboxylic acids is 2. The van der Waals surface area contributed by atoms with Gasteiger partial charge in [-0.1, -0.05) is 23.7 Å². The maximum Gasteiger partial charge on any atom is 0.242 e. The number of piperazine rings is 1. The van der Waals surface area contributed by atoms with Gasteiger partial charge >= 0.3 is 0 Å². The van der Waals surface area contributed by atoms with Crippen molar-refractivity contribution in [2.45, 2.75) is 6.42 Å². The average Bonchev–Trinajstić information content (AvgIpc) is 2.48. The topological polar surface area (TPSA) is 61.4 Å². The van der Waals surface area contributed by atoms with Gasteiger partial charge in [-0.2, -0.15) is 0 Å². The minimum atomic E-state index is -0.157. The fraction of sp³-hybridized carbons (Fsp3) is 0.429. The van der Waals surface area contributed by atoms with E-state index in [1.54, 1.807) is 29.2 Å². The van der Waals surface area contributed by atoms with Gasteiger partial charge in [0.15, 0.2) is 0 Å². The Labute approximate surface area is 123 Å². The Morgan fingerprint density at radius 2 is 1.85 bits per heavy atom. The van der Waals surface area contributed by atoms with Crippen LogP contribution in [-0.4, -0.2) is 49.4 Å². The van der Waals surface area contributed by atoms with Crippen molar-refractivity contribution in [3.63, 3.8) is 0 Å². The molecule has 1 saturated heterocycles. The lowest BCUT2D eigenvalue weighted by molar-refractivity contribution is -0.133. The van der Waals surface area contributed by atoms with Crippen molar-refractivity contribution < 1.29 is 9.59 Å². The van der Waals surface area contributed by atoms with Crippen LogP contribution < -0.4 is 10.6 Å². The van der Waals surface area contributed by atoms with E-state index in [1.165, 1.54) is 0 Å². The van der Waals surface area contributed by atoms with E-state index in [0.29, 0.717) is 18.1 Å². The van der Waals surface area contributed by atoms with Crippen LogP contribution in [-0.2, 0) is 16.0 Å². The summed E-state index contributed by atoms with van der Waals surface area (Å²) in [4.78, 5) is 25.4. The van der Waals surface area contributed by atoms with E-state index in [0.717, 1.165) is 18.7 Å². The molecule has 108 valence electrons. The largest absolute Gasteiger partial charge is 0.347 e. The number of halogens is 1. The lowest BCUT2D eigenvalue weighted by atomic mass is 10.1. The van der Waals surface area contributed by atoms with Crippen molar-refractivity contribution in [3.05, 3.63) is 34.9 Å². The molecule has 20 heavy (non-hydrogen) atoms. The van der Waals surface area contributed by atoms with Gasteiger partial charge in [0.1, 0.15) is 0 Å². The maximum absolute atomic E-state index is 11.9. The molecule has 0 atom stereocenters. The first kappa shape index (κ1) is 14.8. The second kappa shape index (κ2) is 7.26. The van der Waals surface area contributed by atoms with Gasteiger partial charge < -0.3 is 15.5 Å². The Morgan fingerprint density at radius 1 is 1.20 bits per heavy atom. The van der Waals surface area contributed by atoms with Gasteiger partial charge in [0.05, 0.1) is 13.0 Å². The van der Waals surface area contributed by atoms with Crippen LogP contribution in [0, 0.1) is 0 Å². The number of amides is 2.